The fourth-order valence-electron chi connectivity index (χ4n) is 1.97. The van der Waals surface area contributed by atoms with Crippen molar-refractivity contribution < 1.29 is 9.53 Å². The number of anilines is 2. The Balaban J connectivity index is 1.87. The summed E-state index contributed by atoms with van der Waals surface area (Å²) in [5.41, 5.74) is 2.48. The van der Waals surface area contributed by atoms with Crippen molar-refractivity contribution in [2.75, 3.05) is 23.8 Å². The van der Waals surface area contributed by atoms with Gasteiger partial charge in [0.2, 0.25) is 5.91 Å². The van der Waals surface area contributed by atoms with Gasteiger partial charge in [0.05, 0.1) is 6.54 Å². The summed E-state index contributed by atoms with van der Waals surface area (Å²) in [4.78, 5) is 12.0. The van der Waals surface area contributed by atoms with E-state index in [9.17, 15) is 4.79 Å². The molecular weight excluding hydrogens is 312 g/mol. The van der Waals surface area contributed by atoms with Gasteiger partial charge in [-0.05, 0) is 48.9 Å². The zero-order valence-electron chi connectivity index (χ0n) is 12.9. The number of rotatable bonds is 7. The number of carbonyl (C=O) groups excluding carboxylic acids is 1. The van der Waals surface area contributed by atoms with Crippen molar-refractivity contribution in [3.8, 4) is 5.75 Å². The third-order valence-corrected chi connectivity index (χ3v) is 3.62. The fraction of sp³-hybridized carbons (Fsp3) is 0.167. The van der Waals surface area contributed by atoms with Crippen LogP contribution in [0.2, 0.25) is 5.02 Å². The summed E-state index contributed by atoms with van der Waals surface area (Å²) in [6, 6.07) is 12.7. The highest BCUT2D eigenvalue weighted by molar-refractivity contribution is 6.31. The minimum absolute atomic E-state index is 0.135. The largest absolute Gasteiger partial charge is 0.490 e. The molecule has 0 aliphatic heterocycles. The first-order valence-corrected chi connectivity index (χ1v) is 7.60. The predicted molar refractivity (Wildman–Crippen MR) is 95.4 cm³/mol. The molecule has 2 aromatic carbocycles. The quantitative estimate of drug-likeness (QED) is 0.746. The van der Waals surface area contributed by atoms with Gasteiger partial charge in [0.15, 0.2) is 0 Å². The number of carbonyl (C=O) groups is 1. The van der Waals surface area contributed by atoms with Gasteiger partial charge in [-0.3, -0.25) is 4.79 Å². The van der Waals surface area contributed by atoms with Crippen LogP contribution in [-0.4, -0.2) is 19.1 Å². The molecule has 0 radical (unpaired) electrons. The van der Waals surface area contributed by atoms with Crippen LogP contribution in [0.5, 0.6) is 5.75 Å². The third-order valence-electron chi connectivity index (χ3n) is 3.21. The first-order chi connectivity index (χ1) is 11.1. The summed E-state index contributed by atoms with van der Waals surface area (Å²) in [5.74, 6) is 0.597. The fourth-order valence-corrected chi connectivity index (χ4v) is 2.14. The maximum atomic E-state index is 12.0. The van der Waals surface area contributed by atoms with Crippen molar-refractivity contribution >= 4 is 28.9 Å². The van der Waals surface area contributed by atoms with Gasteiger partial charge in [-0.1, -0.05) is 30.3 Å². The molecule has 120 valence electrons. The molecule has 0 fully saturated rings. The van der Waals surface area contributed by atoms with Crippen LogP contribution in [0.1, 0.15) is 5.56 Å². The van der Waals surface area contributed by atoms with E-state index < -0.39 is 0 Å². The van der Waals surface area contributed by atoms with Gasteiger partial charge in [-0.2, -0.15) is 0 Å². The van der Waals surface area contributed by atoms with Crippen LogP contribution in [0, 0.1) is 6.92 Å². The van der Waals surface area contributed by atoms with Gasteiger partial charge in [-0.25, -0.2) is 0 Å². The molecule has 2 N–H and O–H groups in total. The Bertz CT molecular complexity index is 684. The van der Waals surface area contributed by atoms with E-state index in [1.54, 1.807) is 30.3 Å². The Morgan fingerprint density at radius 3 is 2.70 bits per heavy atom. The second-order valence-electron chi connectivity index (χ2n) is 4.94. The third kappa shape index (κ3) is 5.04. The van der Waals surface area contributed by atoms with Crippen molar-refractivity contribution in [3.05, 3.63) is 65.7 Å². The van der Waals surface area contributed by atoms with Crippen LogP contribution in [-0.2, 0) is 4.79 Å². The molecule has 0 aliphatic carbocycles. The van der Waals surface area contributed by atoms with E-state index in [1.165, 1.54) is 0 Å². The second kappa shape index (κ2) is 8.25. The highest BCUT2D eigenvalue weighted by Crippen LogP contribution is 2.22. The molecular formula is C18H19ClN2O2. The van der Waals surface area contributed by atoms with Crippen LogP contribution < -0.4 is 15.4 Å². The first-order valence-electron chi connectivity index (χ1n) is 7.22. The highest BCUT2D eigenvalue weighted by Gasteiger charge is 2.05. The molecule has 5 heteroatoms. The van der Waals surface area contributed by atoms with E-state index in [0.717, 1.165) is 17.0 Å². The molecule has 23 heavy (non-hydrogen) atoms. The summed E-state index contributed by atoms with van der Waals surface area (Å²) < 4.78 is 5.39. The molecule has 0 saturated carbocycles. The molecule has 0 aromatic heterocycles. The van der Waals surface area contributed by atoms with Crippen molar-refractivity contribution in [2.45, 2.75) is 6.92 Å². The van der Waals surface area contributed by atoms with E-state index >= 15 is 0 Å². The van der Waals surface area contributed by atoms with E-state index in [4.69, 9.17) is 16.3 Å². The van der Waals surface area contributed by atoms with Gasteiger partial charge in [-0.15, -0.1) is 0 Å². The molecule has 0 unspecified atom stereocenters. The Morgan fingerprint density at radius 2 is 2.00 bits per heavy atom. The van der Waals surface area contributed by atoms with Crippen molar-refractivity contribution in [2.24, 2.45) is 0 Å². The zero-order chi connectivity index (χ0) is 16.7. The molecule has 2 rings (SSSR count). The van der Waals surface area contributed by atoms with Crippen molar-refractivity contribution in [1.29, 1.82) is 0 Å². The molecule has 0 aliphatic rings. The van der Waals surface area contributed by atoms with Gasteiger partial charge in [0.25, 0.3) is 0 Å². The molecule has 4 nitrogen and oxygen atoms in total. The van der Waals surface area contributed by atoms with E-state index in [1.807, 2.05) is 25.1 Å². The SMILES string of the molecule is C=CCOc1ccc(NC(=O)CNc2cccc(Cl)c2C)cc1. The average Bonchev–Trinajstić information content (AvgIpc) is 2.55. The predicted octanol–water partition coefficient (Wildman–Crippen LogP) is 4.26. The van der Waals surface area contributed by atoms with E-state index in [0.29, 0.717) is 17.3 Å². The average molecular weight is 331 g/mol. The Hall–Kier alpha value is -2.46. The smallest absolute Gasteiger partial charge is 0.243 e. The number of benzene rings is 2. The minimum Gasteiger partial charge on any atom is -0.490 e. The zero-order valence-corrected chi connectivity index (χ0v) is 13.7. The van der Waals surface area contributed by atoms with Crippen LogP contribution in [0.3, 0.4) is 0 Å². The first kappa shape index (κ1) is 16.9. The summed E-state index contributed by atoms with van der Waals surface area (Å²) >= 11 is 6.05. The lowest BCUT2D eigenvalue weighted by atomic mass is 10.2. The summed E-state index contributed by atoms with van der Waals surface area (Å²) in [6.07, 6.45) is 1.68. The normalized spacial score (nSPS) is 10.0. The Kier molecular flexibility index (Phi) is 6.06. The topological polar surface area (TPSA) is 50.4 Å². The van der Waals surface area contributed by atoms with Crippen LogP contribution in [0.15, 0.2) is 55.1 Å². The molecule has 0 atom stereocenters. The Morgan fingerprint density at radius 1 is 1.26 bits per heavy atom. The van der Waals surface area contributed by atoms with E-state index in [2.05, 4.69) is 17.2 Å². The van der Waals surface area contributed by atoms with E-state index in [-0.39, 0.29) is 12.5 Å². The standard InChI is InChI=1S/C18H19ClN2O2/c1-3-11-23-15-9-7-14(8-10-15)21-18(22)12-20-17-6-4-5-16(19)13(17)2/h3-10,20H,1,11-12H2,2H3,(H,21,22). The van der Waals surface area contributed by atoms with Gasteiger partial charge >= 0.3 is 0 Å². The molecule has 1 amide bonds. The summed E-state index contributed by atoms with van der Waals surface area (Å²) in [6.45, 7) is 6.12. The van der Waals surface area contributed by atoms with Gasteiger partial charge in [0, 0.05) is 16.4 Å². The minimum atomic E-state index is -0.135. The summed E-state index contributed by atoms with van der Waals surface area (Å²) in [7, 11) is 0. The Labute approximate surface area is 141 Å². The maximum absolute atomic E-state index is 12.0. The molecule has 0 heterocycles. The number of halogens is 1. The number of hydrogen-bond donors (Lipinski definition) is 2. The number of hydrogen-bond acceptors (Lipinski definition) is 3. The molecule has 0 bridgehead atoms. The van der Waals surface area contributed by atoms with Crippen LogP contribution >= 0.6 is 11.6 Å². The number of ether oxygens (including phenoxy) is 1. The second-order valence-corrected chi connectivity index (χ2v) is 5.35. The van der Waals surface area contributed by atoms with Gasteiger partial charge < -0.3 is 15.4 Å². The molecule has 0 saturated heterocycles. The van der Waals surface area contributed by atoms with Crippen LogP contribution in [0.25, 0.3) is 0 Å². The van der Waals surface area contributed by atoms with Crippen molar-refractivity contribution in [3.63, 3.8) is 0 Å². The summed E-state index contributed by atoms with van der Waals surface area (Å²) in [5, 5.41) is 6.57. The molecule has 0 spiro atoms. The lowest BCUT2D eigenvalue weighted by Crippen LogP contribution is -2.22. The maximum Gasteiger partial charge on any atom is 0.243 e. The number of nitrogens with one attached hydrogen (secondary N) is 2. The van der Waals surface area contributed by atoms with Crippen LogP contribution in [0.4, 0.5) is 11.4 Å². The van der Waals surface area contributed by atoms with Crippen molar-refractivity contribution in [1.82, 2.24) is 0 Å². The van der Waals surface area contributed by atoms with Gasteiger partial charge in [0.1, 0.15) is 12.4 Å². The number of amides is 1. The lowest BCUT2D eigenvalue weighted by Gasteiger charge is -2.11. The lowest BCUT2D eigenvalue weighted by molar-refractivity contribution is -0.114. The monoisotopic (exact) mass is 330 g/mol. The highest BCUT2D eigenvalue weighted by atomic mass is 35.5. The molecule has 2 aromatic rings.